The Hall–Kier alpha value is -4.96. The highest BCUT2D eigenvalue weighted by atomic mass is 16.3. The fraction of sp³-hybridized carbons (Fsp3) is 0.570. The van der Waals surface area contributed by atoms with E-state index in [1.807, 2.05) is 0 Å². The summed E-state index contributed by atoms with van der Waals surface area (Å²) in [4.78, 5) is 5.64. The van der Waals surface area contributed by atoms with Crippen molar-refractivity contribution < 1.29 is 4.42 Å². The van der Waals surface area contributed by atoms with Crippen molar-refractivity contribution in [3.63, 3.8) is 0 Å². The molecule has 0 saturated carbocycles. The van der Waals surface area contributed by atoms with Crippen molar-refractivity contribution in [1.29, 1.82) is 0 Å². The fourth-order valence-electron chi connectivity index (χ4n) is 17.2. The summed E-state index contributed by atoms with van der Waals surface area (Å²) in [5.74, 6) is 1.15. The molecule has 4 heteroatoms. The number of hydrogen-bond donors (Lipinski definition) is 0. The zero-order valence-electron chi connectivity index (χ0n) is 56.3. The maximum absolute atomic E-state index is 7.93. The normalized spacial score (nSPS) is 21.5. The lowest BCUT2D eigenvalue weighted by atomic mass is 9.35. The Balaban J connectivity index is 1.29. The zero-order chi connectivity index (χ0) is 60.1. The van der Waals surface area contributed by atoms with Crippen LogP contribution in [0.15, 0.2) is 77.2 Å². The van der Waals surface area contributed by atoms with Gasteiger partial charge in [-0.05, 0) is 221 Å². The SMILES string of the molecule is CCCCC(C)(C)c1c(CC)oc2c1N(c1ccc3c(c1)C(C)(C)CCC3(C)C)c1cc(C(C)(C)C)cc3c1B2c1cc2c(cc1N3c1cc3c(cc1-c1cccc4c1C(C)(C)CCC4(C)C)C(C)(C)CCC3(C)C)C(C)(C)CCC2(C)C. The van der Waals surface area contributed by atoms with E-state index in [1.54, 1.807) is 0 Å². The first-order valence-corrected chi connectivity index (χ1v) is 33.0. The summed E-state index contributed by atoms with van der Waals surface area (Å²) < 4.78 is 7.93. The molecule has 0 unspecified atom stereocenters. The summed E-state index contributed by atoms with van der Waals surface area (Å²) in [5, 5.41) is 0. The van der Waals surface area contributed by atoms with E-state index in [-0.39, 0.29) is 60.9 Å². The maximum Gasteiger partial charge on any atom is 0.297 e. The Morgan fingerprint density at radius 1 is 0.470 bits per heavy atom. The summed E-state index contributed by atoms with van der Waals surface area (Å²) in [7, 11) is 0. The molecule has 0 saturated heterocycles. The Bertz CT molecular complexity index is 3650. The van der Waals surface area contributed by atoms with Crippen molar-refractivity contribution in [2.24, 2.45) is 0 Å². The van der Waals surface area contributed by atoms with Crippen LogP contribution in [0.5, 0.6) is 0 Å². The van der Waals surface area contributed by atoms with Gasteiger partial charge in [-0.25, -0.2) is 0 Å². The number of unbranched alkanes of at least 4 members (excludes halogenated alkanes) is 1. The molecule has 4 aliphatic carbocycles. The molecule has 12 rings (SSSR count). The number of rotatable bonds is 8. The first kappa shape index (κ1) is 58.4. The summed E-state index contributed by atoms with van der Waals surface area (Å²) in [6, 6.07) is 31.4. The van der Waals surface area contributed by atoms with Crippen LogP contribution in [0.2, 0.25) is 0 Å². The second-order valence-corrected chi connectivity index (χ2v) is 34.6. The third kappa shape index (κ3) is 8.88. The highest BCUT2D eigenvalue weighted by molar-refractivity contribution is 6.99. The number of nitrogens with zero attached hydrogens (tertiary/aromatic N) is 2. The van der Waals surface area contributed by atoms with Gasteiger partial charge >= 0.3 is 0 Å². The van der Waals surface area contributed by atoms with Crippen LogP contribution in [0.25, 0.3) is 11.1 Å². The molecular formula is C79H105BN2O. The number of aryl methyl sites for hydroxylation is 1. The van der Waals surface area contributed by atoms with Gasteiger partial charge in [0.2, 0.25) is 0 Å². The van der Waals surface area contributed by atoms with Crippen molar-refractivity contribution in [2.75, 3.05) is 9.80 Å². The summed E-state index contributed by atoms with van der Waals surface area (Å²) in [5.41, 5.74) is 29.1. The van der Waals surface area contributed by atoms with Gasteiger partial charge < -0.3 is 14.2 Å². The summed E-state index contributed by atoms with van der Waals surface area (Å²) >= 11 is 0. The monoisotopic (exact) mass is 1110 g/mol. The molecule has 3 nitrogen and oxygen atoms in total. The van der Waals surface area contributed by atoms with E-state index >= 15 is 0 Å². The van der Waals surface area contributed by atoms with E-state index < -0.39 is 0 Å². The lowest BCUT2D eigenvalue weighted by Crippen LogP contribution is -2.61. The molecule has 83 heavy (non-hydrogen) atoms. The van der Waals surface area contributed by atoms with Crippen LogP contribution in [-0.4, -0.2) is 6.71 Å². The Morgan fingerprint density at radius 2 is 0.952 bits per heavy atom. The Morgan fingerprint density at radius 3 is 1.49 bits per heavy atom. The molecule has 6 aromatic rings. The number of fused-ring (bicyclic) bond motifs is 8. The van der Waals surface area contributed by atoms with E-state index in [0.29, 0.717) is 0 Å². The molecule has 0 N–H and O–H groups in total. The molecular weight excluding hydrogens is 1000 g/mol. The average molecular weight is 1110 g/mol. The molecule has 0 spiro atoms. The van der Waals surface area contributed by atoms with Gasteiger partial charge in [0.15, 0.2) is 0 Å². The van der Waals surface area contributed by atoms with Gasteiger partial charge in [0.1, 0.15) is 5.76 Å². The average Bonchev–Trinajstić information content (AvgIpc) is 1.72. The van der Waals surface area contributed by atoms with Crippen molar-refractivity contribution in [1.82, 2.24) is 0 Å². The first-order valence-electron chi connectivity index (χ1n) is 33.0. The molecule has 0 bridgehead atoms. The van der Waals surface area contributed by atoms with Gasteiger partial charge in [-0.1, -0.05) is 202 Å². The number of furan rings is 1. The minimum absolute atomic E-state index is 0.00369. The predicted molar refractivity (Wildman–Crippen MR) is 360 cm³/mol. The minimum atomic E-state index is -0.171. The van der Waals surface area contributed by atoms with E-state index in [1.165, 1.54) is 144 Å². The molecule has 440 valence electrons. The largest absolute Gasteiger partial charge is 0.473 e. The van der Waals surface area contributed by atoms with Gasteiger partial charge in [-0.2, -0.15) is 0 Å². The van der Waals surface area contributed by atoms with Gasteiger partial charge in [0, 0.05) is 40.3 Å². The molecule has 0 radical (unpaired) electrons. The van der Waals surface area contributed by atoms with Gasteiger partial charge in [0.05, 0.1) is 17.0 Å². The van der Waals surface area contributed by atoms with Crippen LogP contribution < -0.4 is 26.4 Å². The smallest absolute Gasteiger partial charge is 0.297 e. The van der Waals surface area contributed by atoms with Crippen LogP contribution in [0.3, 0.4) is 0 Å². The number of hydrogen-bond acceptors (Lipinski definition) is 3. The van der Waals surface area contributed by atoms with Crippen LogP contribution in [0.4, 0.5) is 34.1 Å². The number of benzene rings is 5. The second kappa shape index (κ2) is 18.5. The molecule has 5 aromatic carbocycles. The molecule has 2 aliphatic heterocycles. The van der Waals surface area contributed by atoms with Crippen LogP contribution >= 0.6 is 0 Å². The summed E-state index contributed by atoms with van der Waals surface area (Å²) in [6.45, 7) is 57.2. The quantitative estimate of drug-likeness (QED) is 0.141. The topological polar surface area (TPSA) is 19.6 Å². The Labute approximate surface area is 504 Å². The van der Waals surface area contributed by atoms with Crippen molar-refractivity contribution in [3.05, 3.63) is 134 Å². The van der Waals surface area contributed by atoms with E-state index in [4.69, 9.17) is 4.42 Å². The van der Waals surface area contributed by atoms with E-state index in [9.17, 15) is 0 Å². The Kier molecular flexibility index (Phi) is 13.0. The zero-order valence-corrected chi connectivity index (χ0v) is 56.3. The lowest BCUT2D eigenvalue weighted by Gasteiger charge is -2.49. The van der Waals surface area contributed by atoms with Crippen LogP contribution in [-0.2, 0) is 60.6 Å². The fourth-order valence-corrected chi connectivity index (χ4v) is 17.2. The minimum Gasteiger partial charge on any atom is -0.473 e. The second-order valence-electron chi connectivity index (χ2n) is 34.6. The van der Waals surface area contributed by atoms with E-state index in [0.717, 1.165) is 56.4 Å². The van der Waals surface area contributed by atoms with Crippen molar-refractivity contribution >= 4 is 57.4 Å². The third-order valence-corrected chi connectivity index (χ3v) is 23.4. The molecule has 0 fully saturated rings. The molecule has 3 heterocycles. The summed E-state index contributed by atoms with van der Waals surface area (Å²) in [6.07, 6.45) is 13.6. The van der Waals surface area contributed by atoms with E-state index in [2.05, 4.69) is 242 Å². The molecule has 0 amide bonds. The molecule has 1 aromatic heterocycles. The van der Waals surface area contributed by atoms with Crippen molar-refractivity contribution in [3.8, 4) is 11.1 Å². The van der Waals surface area contributed by atoms with Crippen LogP contribution in [0, 0.1) is 0 Å². The third-order valence-electron chi connectivity index (χ3n) is 23.4. The standard InChI is InChI=1S/C79H105BN2O/c1-24-26-32-78(20,21)66-64(25-2)83-69-68(66)81(49-30-31-52-54(43-49)73(10,11)34-33-71(52,6)7)62-41-48(70(3,4)5)42-63-67(62)80(69)59-45-56-58(77(18,19)38-36-75(56,14)15)47-61(59)82(63)60-46-57-55(74(12,13)35-37-76(57,16)17)44-51(60)50-28-27-29-53-65(50)79(22,23)40-39-72(53,8)9/h27-31,41-47H,24-26,32-40H2,1-23H3. The van der Waals surface area contributed by atoms with Gasteiger partial charge in [0.25, 0.3) is 6.71 Å². The lowest BCUT2D eigenvalue weighted by molar-refractivity contribution is 0.331. The predicted octanol–water partition coefficient (Wildman–Crippen LogP) is 20.8. The van der Waals surface area contributed by atoms with Gasteiger partial charge in [-0.15, -0.1) is 0 Å². The first-order chi connectivity index (χ1) is 38.4. The van der Waals surface area contributed by atoms with Crippen LogP contribution in [0.1, 0.15) is 291 Å². The maximum atomic E-state index is 7.93. The van der Waals surface area contributed by atoms with Gasteiger partial charge in [-0.3, -0.25) is 0 Å². The van der Waals surface area contributed by atoms with Crippen molar-refractivity contribution in [2.45, 2.75) is 290 Å². The molecule has 0 atom stereocenters. The molecule has 6 aliphatic rings. The highest BCUT2D eigenvalue weighted by Crippen LogP contribution is 2.59. The highest BCUT2D eigenvalue weighted by Gasteiger charge is 2.53. The number of anilines is 6.